The molecular formula is C16H26N4O. The van der Waals surface area contributed by atoms with Crippen molar-refractivity contribution < 1.29 is 4.79 Å². The Morgan fingerprint density at radius 2 is 1.95 bits per heavy atom. The van der Waals surface area contributed by atoms with Gasteiger partial charge in [-0.1, -0.05) is 0 Å². The summed E-state index contributed by atoms with van der Waals surface area (Å²) < 4.78 is 1.87. The van der Waals surface area contributed by atoms with Gasteiger partial charge in [-0.2, -0.15) is 5.10 Å². The van der Waals surface area contributed by atoms with Crippen molar-refractivity contribution in [3.8, 4) is 0 Å². The smallest absolute Gasteiger partial charge is 0.227 e. The molecule has 0 bridgehead atoms. The van der Waals surface area contributed by atoms with E-state index in [2.05, 4.69) is 14.9 Å². The topological polar surface area (TPSA) is 41.4 Å². The molecule has 5 heteroatoms. The first-order chi connectivity index (χ1) is 10.1. The van der Waals surface area contributed by atoms with Crippen LogP contribution in [-0.2, 0) is 18.3 Å². The van der Waals surface area contributed by atoms with Crippen molar-refractivity contribution in [1.82, 2.24) is 19.6 Å². The maximum Gasteiger partial charge on any atom is 0.227 e. The Morgan fingerprint density at radius 1 is 1.24 bits per heavy atom. The predicted molar refractivity (Wildman–Crippen MR) is 82.2 cm³/mol. The number of nitrogens with zero attached hydrogens (tertiary/aromatic N) is 4. The summed E-state index contributed by atoms with van der Waals surface area (Å²) in [6.07, 6.45) is 4.27. The van der Waals surface area contributed by atoms with Gasteiger partial charge in [-0.05, 0) is 46.2 Å². The van der Waals surface area contributed by atoms with Crippen LogP contribution >= 0.6 is 0 Å². The summed E-state index contributed by atoms with van der Waals surface area (Å²) >= 11 is 0. The average Bonchev–Trinajstić information content (AvgIpc) is 3.15. The van der Waals surface area contributed by atoms with Gasteiger partial charge in [0.2, 0.25) is 5.91 Å². The third kappa shape index (κ3) is 2.84. The normalized spacial score (nSPS) is 23.2. The van der Waals surface area contributed by atoms with Crippen molar-refractivity contribution in [3.63, 3.8) is 0 Å². The summed E-state index contributed by atoms with van der Waals surface area (Å²) in [7, 11) is 1.94. The second-order valence-electron chi connectivity index (χ2n) is 6.48. The quantitative estimate of drug-likeness (QED) is 0.842. The molecule has 0 saturated carbocycles. The number of aryl methyl sites for hydroxylation is 2. The number of rotatable bonds is 3. The largest absolute Gasteiger partial charge is 0.341 e. The monoisotopic (exact) mass is 290 g/mol. The van der Waals surface area contributed by atoms with E-state index >= 15 is 0 Å². The maximum absolute atomic E-state index is 12.6. The third-order valence-electron chi connectivity index (χ3n) is 5.16. The molecule has 5 nitrogen and oxygen atoms in total. The molecule has 2 fully saturated rings. The molecule has 21 heavy (non-hydrogen) atoms. The summed E-state index contributed by atoms with van der Waals surface area (Å²) in [6.45, 7) is 8.29. The van der Waals surface area contributed by atoms with Crippen molar-refractivity contribution in [3.05, 3.63) is 17.0 Å². The van der Waals surface area contributed by atoms with E-state index < -0.39 is 0 Å². The first kappa shape index (κ1) is 14.6. The van der Waals surface area contributed by atoms with Gasteiger partial charge in [0, 0.05) is 37.4 Å². The highest BCUT2D eigenvalue weighted by Gasteiger charge is 2.31. The highest BCUT2D eigenvalue weighted by molar-refractivity contribution is 5.79. The van der Waals surface area contributed by atoms with E-state index in [0.717, 1.165) is 36.5 Å². The highest BCUT2D eigenvalue weighted by atomic mass is 16.2. The third-order valence-corrected chi connectivity index (χ3v) is 5.16. The molecule has 3 heterocycles. The lowest BCUT2D eigenvalue weighted by Crippen LogP contribution is -2.37. The Balaban J connectivity index is 1.61. The molecule has 2 aliphatic heterocycles. The zero-order valence-electron chi connectivity index (χ0n) is 13.4. The minimum absolute atomic E-state index is 0.260. The first-order valence-corrected chi connectivity index (χ1v) is 8.07. The fourth-order valence-corrected chi connectivity index (χ4v) is 3.71. The van der Waals surface area contributed by atoms with Crippen molar-refractivity contribution in [2.24, 2.45) is 7.05 Å². The molecule has 1 atom stereocenters. The van der Waals surface area contributed by atoms with E-state index in [1.165, 1.54) is 25.9 Å². The number of carbonyl (C=O) groups excluding carboxylic acids is 1. The van der Waals surface area contributed by atoms with Gasteiger partial charge >= 0.3 is 0 Å². The number of hydrogen-bond donors (Lipinski definition) is 0. The van der Waals surface area contributed by atoms with Crippen LogP contribution in [0.3, 0.4) is 0 Å². The summed E-state index contributed by atoms with van der Waals surface area (Å²) in [5.74, 6) is 0.260. The highest BCUT2D eigenvalue weighted by Crippen LogP contribution is 2.22. The van der Waals surface area contributed by atoms with Crippen LogP contribution in [0.5, 0.6) is 0 Å². The lowest BCUT2D eigenvalue weighted by molar-refractivity contribution is -0.129. The molecule has 2 aliphatic rings. The Bertz CT molecular complexity index is 531. The van der Waals surface area contributed by atoms with Crippen LogP contribution in [0, 0.1) is 13.8 Å². The summed E-state index contributed by atoms with van der Waals surface area (Å²) in [4.78, 5) is 17.2. The van der Waals surface area contributed by atoms with E-state index in [1.807, 2.05) is 25.6 Å². The predicted octanol–water partition coefficient (Wildman–Crippen LogP) is 1.28. The van der Waals surface area contributed by atoms with Crippen LogP contribution in [0.4, 0.5) is 0 Å². The van der Waals surface area contributed by atoms with Crippen molar-refractivity contribution in [2.45, 2.75) is 45.6 Å². The molecule has 1 unspecified atom stereocenters. The molecule has 0 aliphatic carbocycles. The van der Waals surface area contributed by atoms with Gasteiger partial charge in [-0.25, -0.2) is 0 Å². The first-order valence-electron chi connectivity index (χ1n) is 8.07. The van der Waals surface area contributed by atoms with E-state index in [4.69, 9.17) is 0 Å². The zero-order valence-corrected chi connectivity index (χ0v) is 13.4. The van der Waals surface area contributed by atoms with Crippen LogP contribution in [0.1, 0.15) is 36.2 Å². The lowest BCUT2D eigenvalue weighted by Gasteiger charge is -2.23. The summed E-state index contributed by atoms with van der Waals surface area (Å²) in [5.41, 5.74) is 3.20. The van der Waals surface area contributed by atoms with E-state index in [9.17, 15) is 4.79 Å². The van der Waals surface area contributed by atoms with Gasteiger partial charge in [0.25, 0.3) is 0 Å². The van der Waals surface area contributed by atoms with Crippen molar-refractivity contribution in [1.29, 1.82) is 0 Å². The summed E-state index contributed by atoms with van der Waals surface area (Å²) in [6, 6.07) is 0.590. The van der Waals surface area contributed by atoms with Gasteiger partial charge in [0.15, 0.2) is 0 Å². The fraction of sp³-hybridized carbons (Fsp3) is 0.750. The van der Waals surface area contributed by atoms with Crippen LogP contribution < -0.4 is 0 Å². The minimum atomic E-state index is 0.260. The van der Waals surface area contributed by atoms with Crippen LogP contribution in [0.2, 0.25) is 0 Å². The molecule has 1 aromatic rings. The molecular weight excluding hydrogens is 264 g/mol. The number of aromatic nitrogens is 2. The summed E-state index contributed by atoms with van der Waals surface area (Å²) in [5, 5.41) is 4.41. The van der Waals surface area contributed by atoms with Gasteiger partial charge in [0.05, 0.1) is 12.1 Å². The van der Waals surface area contributed by atoms with Gasteiger partial charge < -0.3 is 4.90 Å². The molecule has 1 amide bonds. The number of amides is 1. The van der Waals surface area contributed by atoms with E-state index in [1.54, 1.807) is 0 Å². The lowest BCUT2D eigenvalue weighted by atomic mass is 10.1. The minimum Gasteiger partial charge on any atom is -0.341 e. The van der Waals surface area contributed by atoms with Gasteiger partial charge in [-0.15, -0.1) is 0 Å². The van der Waals surface area contributed by atoms with Crippen molar-refractivity contribution >= 4 is 5.91 Å². The molecule has 1 aromatic heterocycles. The number of hydrogen-bond acceptors (Lipinski definition) is 3. The van der Waals surface area contributed by atoms with Crippen molar-refractivity contribution in [2.75, 3.05) is 26.2 Å². The molecule has 2 saturated heterocycles. The second kappa shape index (κ2) is 5.79. The molecule has 0 aromatic carbocycles. The Hall–Kier alpha value is -1.36. The Kier molecular flexibility index (Phi) is 4.02. The molecule has 0 N–H and O–H groups in total. The average molecular weight is 290 g/mol. The molecule has 0 radical (unpaired) electrons. The molecule has 116 valence electrons. The molecule has 0 spiro atoms. The standard InChI is InChI=1S/C16H26N4O/c1-12-15(13(2)18(3)17-12)10-16(21)20-9-6-14(11-20)19-7-4-5-8-19/h14H,4-11H2,1-3H3. The second-order valence-corrected chi connectivity index (χ2v) is 6.48. The SMILES string of the molecule is Cc1nn(C)c(C)c1CC(=O)N1CCC(N2CCCC2)C1. The Morgan fingerprint density at radius 3 is 2.57 bits per heavy atom. The number of carbonyl (C=O) groups is 1. The van der Waals surface area contributed by atoms with Gasteiger partial charge in [0.1, 0.15) is 0 Å². The van der Waals surface area contributed by atoms with Crippen LogP contribution in [0.25, 0.3) is 0 Å². The fourth-order valence-electron chi connectivity index (χ4n) is 3.71. The van der Waals surface area contributed by atoms with Crippen LogP contribution in [0.15, 0.2) is 0 Å². The molecule has 3 rings (SSSR count). The van der Waals surface area contributed by atoms with E-state index in [0.29, 0.717) is 12.5 Å². The number of likely N-dealkylation sites (tertiary alicyclic amines) is 2. The van der Waals surface area contributed by atoms with E-state index in [-0.39, 0.29) is 5.91 Å². The zero-order chi connectivity index (χ0) is 15.0. The van der Waals surface area contributed by atoms with Gasteiger partial charge in [-0.3, -0.25) is 14.4 Å². The maximum atomic E-state index is 12.6. The van der Waals surface area contributed by atoms with Crippen LogP contribution in [-0.4, -0.2) is 57.7 Å². The Labute approximate surface area is 126 Å².